The van der Waals surface area contributed by atoms with Gasteiger partial charge in [0.15, 0.2) is 5.82 Å². The van der Waals surface area contributed by atoms with Crippen LogP contribution in [0.15, 0.2) is 16.9 Å². The number of anilines is 1. The quantitative estimate of drug-likeness (QED) is 0.747. The molecule has 1 atom stereocenters. The van der Waals surface area contributed by atoms with E-state index in [1.165, 1.54) is 6.26 Å². The highest BCUT2D eigenvalue weighted by Crippen LogP contribution is 2.10. The van der Waals surface area contributed by atoms with E-state index in [-0.39, 0.29) is 5.91 Å². The van der Waals surface area contributed by atoms with Gasteiger partial charge in [0.1, 0.15) is 6.26 Å². The van der Waals surface area contributed by atoms with Gasteiger partial charge >= 0.3 is 0 Å². The highest BCUT2D eigenvalue weighted by atomic mass is 16.5. The molecule has 5 nitrogen and oxygen atoms in total. The van der Waals surface area contributed by atoms with Gasteiger partial charge in [-0.1, -0.05) is 5.16 Å². The van der Waals surface area contributed by atoms with E-state index >= 15 is 0 Å². The molecule has 1 aliphatic rings. The minimum atomic E-state index is -0.0155. The van der Waals surface area contributed by atoms with E-state index in [0.29, 0.717) is 18.3 Å². The molecule has 5 heteroatoms. The van der Waals surface area contributed by atoms with Crippen molar-refractivity contribution in [3.63, 3.8) is 0 Å². The van der Waals surface area contributed by atoms with Gasteiger partial charge in [-0.05, 0) is 19.4 Å². The molecule has 1 fully saturated rings. The first-order valence-electron chi connectivity index (χ1n) is 4.78. The topological polar surface area (TPSA) is 67.2 Å². The van der Waals surface area contributed by atoms with E-state index in [4.69, 9.17) is 0 Å². The van der Waals surface area contributed by atoms with Gasteiger partial charge in [0.05, 0.1) is 0 Å². The maximum Gasteiger partial charge on any atom is 0.227 e. The Morgan fingerprint density at radius 1 is 1.79 bits per heavy atom. The summed E-state index contributed by atoms with van der Waals surface area (Å²) in [7, 11) is 0. The van der Waals surface area contributed by atoms with Gasteiger partial charge in [-0.15, -0.1) is 0 Å². The number of rotatable bonds is 3. The Morgan fingerprint density at radius 3 is 3.36 bits per heavy atom. The van der Waals surface area contributed by atoms with Crippen LogP contribution in [0.3, 0.4) is 0 Å². The third kappa shape index (κ3) is 2.32. The number of amides is 1. The normalized spacial score (nSPS) is 21.0. The van der Waals surface area contributed by atoms with Crippen molar-refractivity contribution < 1.29 is 9.32 Å². The number of nitrogens with zero attached hydrogens (tertiary/aromatic N) is 1. The molecule has 2 rings (SSSR count). The summed E-state index contributed by atoms with van der Waals surface area (Å²) in [5.41, 5.74) is 0. The lowest BCUT2D eigenvalue weighted by molar-refractivity contribution is -0.116. The number of hydrogen-bond donors (Lipinski definition) is 2. The third-order valence-electron chi connectivity index (χ3n) is 2.30. The van der Waals surface area contributed by atoms with Crippen molar-refractivity contribution in [3.05, 3.63) is 12.3 Å². The van der Waals surface area contributed by atoms with Gasteiger partial charge < -0.3 is 15.2 Å². The molecule has 0 aromatic carbocycles. The molecule has 0 aliphatic carbocycles. The van der Waals surface area contributed by atoms with Crippen molar-refractivity contribution in [3.8, 4) is 0 Å². The molecule has 0 saturated carbocycles. The van der Waals surface area contributed by atoms with E-state index in [0.717, 1.165) is 19.4 Å². The van der Waals surface area contributed by atoms with Crippen LogP contribution in [0.25, 0.3) is 0 Å². The smallest absolute Gasteiger partial charge is 0.227 e. The molecule has 0 bridgehead atoms. The molecule has 1 aromatic rings. The Balaban J connectivity index is 1.78. The molecular formula is C9H13N3O2. The van der Waals surface area contributed by atoms with Crippen LogP contribution in [0.2, 0.25) is 0 Å². The first-order valence-corrected chi connectivity index (χ1v) is 4.78. The van der Waals surface area contributed by atoms with Gasteiger partial charge in [0.2, 0.25) is 5.91 Å². The molecule has 14 heavy (non-hydrogen) atoms. The molecule has 1 saturated heterocycles. The fourth-order valence-corrected chi connectivity index (χ4v) is 1.63. The van der Waals surface area contributed by atoms with Gasteiger partial charge in [-0.2, -0.15) is 0 Å². The average molecular weight is 195 g/mol. The highest BCUT2D eigenvalue weighted by Gasteiger charge is 2.17. The second-order valence-electron chi connectivity index (χ2n) is 3.43. The summed E-state index contributed by atoms with van der Waals surface area (Å²) >= 11 is 0. The molecule has 1 aromatic heterocycles. The van der Waals surface area contributed by atoms with Crippen LogP contribution in [-0.4, -0.2) is 23.7 Å². The minimum absolute atomic E-state index is 0.0155. The second kappa shape index (κ2) is 4.23. The molecule has 1 amide bonds. The summed E-state index contributed by atoms with van der Waals surface area (Å²) in [6.07, 6.45) is 4.17. The lowest BCUT2D eigenvalue weighted by Crippen LogP contribution is -2.27. The Labute approximate surface area is 81.8 Å². The predicted octanol–water partition coefficient (Wildman–Crippen LogP) is 0.755. The molecule has 1 aliphatic heterocycles. The van der Waals surface area contributed by atoms with Crippen molar-refractivity contribution in [2.24, 2.45) is 0 Å². The second-order valence-corrected chi connectivity index (χ2v) is 3.43. The minimum Gasteiger partial charge on any atom is -0.363 e. The molecular weight excluding hydrogens is 182 g/mol. The summed E-state index contributed by atoms with van der Waals surface area (Å²) in [5, 5.41) is 9.53. The fraction of sp³-hybridized carbons (Fsp3) is 0.556. The van der Waals surface area contributed by atoms with Gasteiger partial charge in [-0.3, -0.25) is 4.79 Å². The van der Waals surface area contributed by atoms with E-state index in [1.807, 2.05) is 0 Å². The summed E-state index contributed by atoms with van der Waals surface area (Å²) in [6, 6.07) is 1.95. The van der Waals surface area contributed by atoms with Gasteiger partial charge in [0, 0.05) is 18.5 Å². The van der Waals surface area contributed by atoms with E-state index in [1.54, 1.807) is 6.07 Å². The first kappa shape index (κ1) is 9.21. The van der Waals surface area contributed by atoms with Crippen molar-refractivity contribution in [1.29, 1.82) is 0 Å². The first-order chi connectivity index (χ1) is 6.84. The fourth-order valence-electron chi connectivity index (χ4n) is 1.63. The highest BCUT2D eigenvalue weighted by molar-refractivity contribution is 5.90. The lowest BCUT2D eigenvalue weighted by atomic mass is 10.1. The predicted molar refractivity (Wildman–Crippen MR) is 50.8 cm³/mol. The standard InChI is InChI=1S/C9H13N3O2/c13-9(6-7-2-1-4-10-7)11-8-3-5-14-12-8/h3,5,7,10H,1-2,4,6H2,(H,11,12,13). The van der Waals surface area contributed by atoms with Crippen LogP contribution in [0.5, 0.6) is 0 Å². The maximum absolute atomic E-state index is 11.4. The SMILES string of the molecule is O=C(CC1CCCN1)Nc1ccon1. The van der Waals surface area contributed by atoms with Crippen LogP contribution < -0.4 is 10.6 Å². The number of hydrogen-bond acceptors (Lipinski definition) is 4. The van der Waals surface area contributed by atoms with E-state index in [2.05, 4.69) is 20.3 Å². The van der Waals surface area contributed by atoms with Crippen molar-refractivity contribution in [2.45, 2.75) is 25.3 Å². The Hall–Kier alpha value is -1.36. The molecule has 2 N–H and O–H groups in total. The summed E-state index contributed by atoms with van der Waals surface area (Å²) < 4.78 is 4.61. The third-order valence-corrected chi connectivity index (χ3v) is 2.30. The van der Waals surface area contributed by atoms with Crippen LogP contribution in [0, 0.1) is 0 Å². The molecule has 0 spiro atoms. The zero-order valence-corrected chi connectivity index (χ0v) is 7.82. The molecule has 0 radical (unpaired) electrons. The van der Waals surface area contributed by atoms with Gasteiger partial charge in [0.25, 0.3) is 0 Å². The van der Waals surface area contributed by atoms with Crippen LogP contribution in [-0.2, 0) is 4.79 Å². The zero-order chi connectivity index (χ0) is 9.80. The Kier molecular flexibility index (Phi) is 2.78. The van der Waals surface area contributed by atoms with E-state index in [9.17, 15) is 4.79 Å². The van der Waals surface area contributed by atoms with Crippen molar-refractivity contribution in [1.82, 2.24) is 10.5 Å². The van der Waals surface area contributed by atoms with Crippen molar-refractivity contribution >= 4 is 11.7 Å². The van der Waals surface area contributed by atoms with Crippen LogP contribution >= 0.6 is 0 Å². The van der Waals surface area contributed by atoms with Gasteiger partial charge in [-0.25, -0.2) is 0 Å². The van der Waals surface area contributed by atoms with Crippen LogP contribution in [0.1, 0.15) is 19.3 Å². The molecule has 76 valence electrons. The average Bonchev–Trinajstić information content (AvgIpc) is 2.76. The number of nitrogens with one attached hydrogen (secondary N) is 2. The molecule has 2 heterocycles. The number of carbonyl (C=O) groups is 1. The van der Waals surface area contributed by atoms with Crippen molar-refractivity contribution in [2.75, 3.05) is 11.9 Å². The number of carbonyl (C=O) groups excluding carboxylic acids is 1. The largest absolute Gasteiger partial charge is 0.363 e. The summed E-state index contributed by atoms with van der Waals surface area (Å²) in [6.45, 7) is 1.02. The zero-order valence-electron chi connectivity index (χ0n) is 7.82. The Morgan fingerprint density at radius 2 is 2.71 bits per heavy atom. The monoisotopic (exact) mass is 195 g/mol. The summed E-state index contributed by atoms with van der Waals surface area (Å²) in [4.78, 5) is 11.4. The maximum atomic E-state index is 11.4. The Bertz CT molecular complexity index is 291. The summed E-state index contributed by atoms with van der Waals surface area (Å²) in [5.74, 6) is 0.464. The lowest BCUT2D eigenvalue weighted by Gasteiger charge is -2.08. The molecule has 1 unspecified atom stereocenters. The van der Waals surface area contributed by atoms with E-state index < -0.39 is 0 Å². The van der Waals surface area contributed by atoms with Crippen LogP contribution in [0.4, 0.5) is 5.82 Å². The number of aromatic nitrogens is 1.